The Balaban J connectivity index is 2.07. The van der Waals surface area contributed by atoms with Crippen LogP contribution in [0.3, 0.4) is 0 Å². The highest BCUT2D eigenvalue weighted by atomic mass is 16.5. The van der Waals surface area contributed by atoms with Gasteiger partial charge in [-0.3, -0.25) is 14.4 Å². The summed E-state index contributed by atoms with van der Waals surface area (Å²) in [5.41, 5.74) is 1.96. The van der Waals surface area contributed by atoms with Gasteiger partial charge in [-0.05, 0) is 18.1 Å². The van der Waals surface area contributed by atoms with Crippen molar-refractivity contribution in [2.75, 3.05) is 20.7 Å². The fraction of sp³-hybridized carbons (Fsp3) is 0.421. The molecular formula is C19H25N3O4. The van der Waals surface area contributed by atoms with E-state index in [-0.39, 0.29) is 24.2 Å². The number of nitrogens with zero attached hydrogens (tertiary/aromatic N) is 1. The number of fused-ring (bicyclic) bond motifs is 1. The maximum atomic E-state index is 12.8. The normalized spacial score (nSPS) is 11.8. The molecule has 0 fully saturated rings. The van der Waals surface area contributed by atoms with Gasteiger partial charge >= 0.3 is 5.97 Å². The topological polar surface area (TPSA) is 91.5 Å². The first kappa shape index (κ1) is 19.5. The van der Waals surface area contributed by atoms with Crippen LogP contribution in [-0.4, -0.2) is 54.4 Å². The molecule has 1 aromatic heterocycles. The maximum absolute atomic E-state index is 12.8. The van der Waals surface area contributed by atoms with Gasteiger partial charge in [0.15, 0.2) is 0 Å². The SMILES string of the molecule is COC(=O)CCCN(C)C(=O)C(Cc1c[nH]c2ccccc12)NC(C)=O. The summed E-state index contributed by atoms with van der Waals surface area (Å²) in [7, 11) is 3.01. The molecule has 2 rings (SSSR count). The summed E-state index contributed by atoms with van der Waals surface area (Å²) < 4.78 is 4.60. The van der Waals surface area contributed by atoms with Crippen molar-refractivity contribution in [2.24, 2.45) is 0 Å². The molecule has 2 amide bonds. The Morgan fingerprint density at radius 3 is 2.69 bits per heavy atom. The summed E-state index contributed by atoms with van der Waals surface area (Å²) in [6, 6.07) is 7.17. The highest BCUT2D eigenvalue weighted by Gasteiger charge is 2.24. The molecule has 1 heterocycles. The largest absolute Gasteiger partial charge is 0.469 e. The van der Waals surface area contributed by atoms with Gasteiger partial charge < -0.3 is 19.9 Å². The maximum Gasteiger partial charge on any atom is 0.305 e. The average molecular weight is 359 g/mol. The van der Waals surface area contributed by atoms with E-state index in [0.29, 0.717) is 19.4 Å². The number of amides is 2. The lowest BCUT2D eigenvalue weighted by Gasteiger charge is -2.24. The summed E-state index contributed by atoms with van der Waals surface area (Å²) in [4.78, 5) is 40.2. The number of methoxy groups -OCH3 is 1. The molecule has 7 heteroatoms. The second kappa shape index (κ2) is 9.03. The van der Waals surface area contributed by atoms with E-state index in [4.69, 9.17) is 0 Å². The summed E-state index contributed by atoms with van der Waals surface area (Å²) in [6.45, 7) is 1.81. The minimum Gasteiger partial charge on any atom is -0.469 e. The van der Waals surface area contributed by atoms with Gasteiger partial charge in [-0.1, -0.05) is 18.2 Å². The molecule has 140 valence electrons. The Bertz CT molecular complexity index is 784. The van der Waals surface area contributed by atoms with Crippen LogP contribution in [0.25, 0.3) is 10.9 Å². The number of H-pyrrole nitrogens is 1. The van der Waals surface area contributed by atoms with Crippen molar-refractivity contribution in [2.45, 2.75) is 32.2 Å². The number of para-hydroxylation sites is 1. The van der Waals surface area contributed by atoms with Crippen LogP contribution in [0.1, 0.15) is 25.3 Å². The molecule has 7 nitrogen and oxygen atoms in total. The van der Waals surface area contributed by atoms with Crippen molar-refractivity contribution in [3.05, 3.63) is 36.0 Å². The second-order valence-corrected chi connectivity index (χ2v) is 6.26. The van der Waals surface area contributed by atoms with Crippen molar-refractivity contribution in [3.8, 4) is 0 Å². The van der Waals surface area contributed by atoms with Crippen LogP contribution in [0.2, 0.25) is 0 Å². The van der Waals surface area contributed by atoms with Crippen LogP contribution in [0.15, 0.2) is 30.5 Å². The fourth-order valence-corrected chi connectivity index (χ4v) is 2.90. The predicted molar refractivity (Wildman–Crippen MR) is 98.5 cm³/mol. The van der Waals surface area contributed by atoms with Gasteiger partial charge in [0, 0.05) is 50.5 Å². The number of hydrogen-bond acceptors (Lipinski definition) is 4. The van der Waals surface area contributed by atoms with Gasteiger partial charge in [0.05, 0.1) is 7.11 Å². The lowest BCUT2D eigenvalue weighted by Crippen LogP contribution is -2.48. The van der Waals surface area contributed by atoms with Gasteiger partial charge in [-0.15, -0.1) is 0 Å². The minimum atomic E-state index is -0.658. The zero-order valence-corrected chi connectivity index (χ0v) is 15.4. The van der Waals surface area contributed by atoms with E-state index in [2.05, 4.69) is 15.0 Å². The quantitative estimate of drug-likeness (QED) is 0.701. The van der Waals surface area contributed by atoms with Crippen molar-refractivity contribution < 1.29 is 19.1 Å². The first-order valence-corrected chi connectivity index (χ1v) is 8.56. The number of nitrogens with one attached hydrogen (secondary N) is 2. The lowest BCUT2D eigenvalue weighted by molar-refractivity contribution is -0.141. The van der Waals surface area contributed by atoms with Crippen LogP contribution in [0, 0.1) is 0 Å². The molecule has 0 saturated heterocycles. The van der Waals surface area contributed by atoms with Crippen molar-refractivity contribution in [3.63, 3.8) is 0 Å². The van der Waals surface area contributed by atoms with E-state index in [0.717, 1.165) is 16.5 Å². The number of carbonyl (C=O) groups is 3. The smallest absolute Gasteiger partial charge is 0.305 e. The Morgan fingerprint density at radius 2 is 2.00 bits per heavy atom. The standard InChI is InChI=1S/C19H25N3O4/c1-13(23)21-17(19(25)22(2)10-6-9-18(24)26-3)11-14-12-20-16-8-5-4-7-15(14)16/h4-5,7-8,12,17,20H,6,9-11H2,1-3H3,(H,21,23). The summed E-state index contributed by atoms with van der Waals surface area (Å²) in [6.07, 6.45) is 3.02. The Hall–Kier alpha value is -2.83. The number of aromatic amines is 1. The molecule has 1 aromatic carbocycles. The van der Waals surface area contributed by atoms with Gasteiger partial charge in [-0.25, -0.2) is 0 Å². The number of ether oxygens (including phenoxy) is 1. The van der Waals surface area contributed by atoms with Crippen LogP contribution >= 0.6 is 0 Å². The number of likely N-dealkylation sites (N-methyl/N-ethyl adjacent to an activating group) is 1. The van der Waals surface area contributed by atoms with Crippen LogP contribution < -0.4 is 5.32 Å². The molecule has 0 spiro atoms. The highest BCUT2D eigenvalue weighted by Crippen LogP contribution is 2.19. The molecule has 0 saturated carbocycles. The van der Waals surface area contributed by atoms with Gasteiger partial charge in [0.2, 0.25) is 11.8 Å². The van der Waals surface area contributed by atoms with E-state index >= 15 is 0 Å². The van der Waals surface area contributed by atoms with E-state index in [9.17, 15) is 14.4 Å². The predicted octanol–water partition coefficient (Wildman–Crippen LogP) is 1.63. The zero-order chi connectivity index (χ0) is 19.1. The number of carbonyl (C=O) groups excluding carboxylic acids is 3. The van der Waals surface area contributed by atoms with Crippen LogP contribution in [0.5, 0.6) is 0 Å². The second-order valence-electron chi connectivity index (χ2n) is 6.26. The van der Waals surface area contributed by atoms with Crippen LogP contribution in [0.4, 0.5) is 0 Å². The lowest BCUT2D eigenvalue weighted by atomic mass is 10.0. The van der Waals surface area contributed by atoms with E-state index in [1.165, 1.54) is 14.0 Å². The zero-order valence-electron chi connectivity index (χ0n) is 15.4. The van der Waals surface area contributed by atoms with Gasteiger partial charge in [-0.2, -0.15) is 0 Å². The van der Waals surface area contributed by atoms with Gasteiger partial charge in [0.25, 0.3) is 0 Å². The van der Waals surface area contributed by atoms with E-state index in [1.807, 2.05) is 30.5 Å². The molecule has 1 unspecified atom stereocenters. The molecule has 0 bridgehead atoms. The minimum absolute atomic E-state index is 0.185. The Labute approximate surface area is 152 Å². The van der Waals surface area contributed by atoms with Crippen molar-refractivity contribution in [1.29, 1.82) is 0 Å². The highest BCUT2D eigenvalue weighted by molar-refractivity contribution is 5.89. The molecule has 0 aliphatic carbocycles. The Kier molecular flexibility index (Phi) is 6.77. The fourth-order valence-electron chi connectivity index (χ4n) is 2.90. The number of rotatable bonds is 8. The molecule has 2 aromatic rings. The third-order valence-corrected chi connectivity index (χ3v) is 4.25. The molecule has 1 atom stereocenters. The number of esters is 1. The summed E-state index contributed by atoms with van der Waals surface area (Å²) in [5.74, 6) is -0.746. The molecule has 26 heavy (non-hydrogen) atoms. The monoisotopic (exact) mass is 359 g/mol. The molecule has 0 aliphatic rings. The third kappa shape index (κ3) is 5.08. The summed E-state index contributed by atoms with van der Waals surface area (Å²) >= 11 is 0. The van der Waals surface area contributed by atoms with Gasteiger partial charge in [0.1, 0.15) is 6.04 Å². The van der Waals surface area contributed by atoms with E-state index in [1.54, 1.807) is 11.9 Å². The molecule has 0 radical (unpaired) electrons. The van der Waals surface area contributed by atoms with E-state index < -0.39 is 6.04 Å². The molecule has 0 aliphatic heterocycles. The van der Waals surface area contributed by atoms with Crippen molar-refractivity contribution in [1.82, 2.24) is 15.2 Å². The molecular weight excluding hydrogens is 334 g/mol. The Morgan fingerprint density at radius 1 is 1.27 bits per heavy atom. The summed E-state index contributed by atoms with van der Waals surface area (Å²) in [5, 5.41) is 3.77. The number of aromatic nitrogens is 1. The molecule has 2 N–H and O–H groups in total. The third-order valence-electron chi connectivity index (χ3n) is 4.25. The van der Waals surface area contributed by atoms with Crippen molar-refractivity contribution >= 4 is 28.7 Å². The first-order valence-electron chi connectivity index (χ1n) is 8.56. The van der Waals surface area contributed by atoms with Crippen LogP contribution in [-0.2, 0) is 25.5 Å². The number of benzene rings is 1. The average Bonchev–Trinajstić information content (AvgIpc) is 3.03. The first-order chi connectivity index (χ1) is 12.4. The number of hydrogen-bond donors (Lipinski definition) is 2.